The van der Waals surface area contributed by atoms with E-state index in [4.69, 9.17) is 27.9 Å². The van der Waals surface area contributed by atoms with Crippen LogP contribution >= 0.6 is 23.2 Å². The standard InChI is InChI=1S/C16H16Cl2N2O3/c1-8-5-9(17)6-11(18)12(8)13-14(20-22)16(19-15(13)21)4-3-10(7-16)23-2/h5-6,10H,3-4,7H2,1-2H3,(H,19,21). The molecule has 5 nitrogen and oxygen atoms in total. The SMILES string of the molecule is COC1CCC2(C1)NC(=O)C(c1c(C)cc(Cl)cc1Cl)=C2N=O. The van der Waals surface area contributed by atoms with E-state index in [1.54, 1.807) is 26.2 Å². The van der Waals surface area contributed by atoms with Crippen LogP contribution < -0.4 is 5.32 Å². The van der Waals surface area contributed by atoms with Crippen molar-refractivity contribution in [2.45, 2.75) is 37.8 Å². The van der Waals surface area contributed by atoms with Gasteiger partial charge in [-0.1, -0.05) is 23.2 Å². The highest BCUT2D eigenvalue weighted by molar-refractivity contribution is 6.38. The van der Waals surface area contributed by atoms with E-state index in [9.17, 15) is 9.70 Å². The molecule has 1 aliphatic heterocycles. The molecule has 1 aromatic carbocycles. The molecule has 0 radical (unpaired) electrons. The monoisotopic (exact) mass is 354 g/mol. The Morgan fingerprint density at radius 2 is 2.13 bits per heavy atom. The van der Waals surface area contributed by atoms with E-state index in [1.807, 2.05) is 0 Å². The highest BCUT2D eigenvalue weighted by Gasteiger charge is 2.51. The Morgan fingerprint density at radius 1 is 1.39 bits per heavy atom. The second kappa shape index (κ2) is 5.89. The maximum atomic E-state index is 12.6. The smallest absolute Gasteiger partial charge is 0.254 e. The fourth-order valence-electron chi connectivity index (χ4n) is 3.60. The van der Waals surface area contributed by atoms with Crippen LogP contribution in [0.15, 0.2) is 23.0 Å². The van der Waals surface area contributed by atoms with Gasteiger partial charge >= 0.3 is 0 Å². The van der Waals surface area contributed by atoms with Gasteiger partial charge in [-0.2, -0.15) is 0 Å². The van der Waals surface area contributed by atoms with E-state index >= 15 is 0 Å². The molecule has 1 heterocycles. The second-order valence-electron chi connectivity index (χ2n) is 6.03. The van der Waals surface area contributed by atoms with Crippen molar-refractivity contribution in [3.8, 4) is 0 Å². The first-order valence-electron chi connectivity index (χ1n) is 7.31. The van der Waals surface area contributed by atoms with Crippen molar-refractivity contribution in [1.29, 1.82) is 0 Å². The summed E-state index contributed by atoms with van der Waals surface area (Å²) in [6, 6.07) is 3.27. The van der Waals surface area contributed by atoms with Gasteiger partial charge in [0.1, 0.15) is 5.70 Å². The van der Waals surface area contributed by atoms with E-state index in [0.717, 1.165) is 12.0 Å². The lowest BCUT2D eigenvalue weighted by molar-refractivity contribution is -0.116. The third-order valence-electron chi connectivity index (χ3n) is 4.67. The van der Waals surface area contributed by atoms with Crippen LogP contribution in [0.1, 0.15) is 30.4 Å². The zero-order valence-corrected chi connectivity index (χ0v) is 14.3. The number of nitrogens with one attached hydrogen (secondary N) is 1. The second-order valence-corrected chi connectivity index (χ2v) is 6.87. The molecule has 0 aromatic heterocycles. The molecule has 0 saturated heterocycles. The Balaban J connectivity index is 2.17. The number of amides is 1. The first kappa shape index (κ1) is 16.4. The molecule has 1 aromatic rings. The van der Waals surface area contributed by atoms with E-state index in [1.165, 1.54) is 0 Å². The highest BCUT2D eigenvalue weighted by atomic mass is 35.5. The quantitative estimate of drug-likeness (QED) is 0.838. The molecular formula is C16H16Cl2N2O3. The normalized spacial score (nSPS) is 27.0. The average Bonchev–Trinajstić information content (AvgIpc) is 3.00. The van der Waals surface area contributed by atoms with Crippen LogP contribution in [0.3, 0.4) is 0 Å². The number of hydrogen-bond acceptors (Lipinski definition) is 4. The molecule has 2 aliphatic rings. The van der Waals surface area contributed by atoms with Gasteiger partial charge in [-0.05, 0) is 42.6 Å². The van der Waals surface area contributed by atoms with Crippen LogP contribution in [0, 0.1) is 11.8 Å². The number of nitrogens with zero attached hydrogens (tertiary/aromatic N) is 1. The largest absolute Gasteiger partial charge is 0.381 e. The molecular weight excluding hydrogens is 339 g/mol. The molecule has 1 fully saturated rings. The molecule has 2 atom stereocenters. The number of ether oxygens (including phenoxy) is 1. The van der Waals surface area contributed by atoms with Gasteiger partial charge in [0.25, 0.3) is 5.91 Å². The fourth-order valence-corrected chi connectivity index (χ4v) is 4.29. The number of hydrogen-bond donors (Lipinski definition) is 1. The zero-order valence-electron chi connectivity index (χ0n) is 12.8. The highest BCUT2D eigenvalue weighted by Crippen LogP contribution is 2.46. The third kappa shape index (κ3) is 2.57. The van der Waals surface area contributed by atoms with Crippen LogP contribution in [0.2, 0.25) is 10.0 Å². The fraction of sp³-hybridized carbons (Fsp3) is 0.438. The Kier molecular flexibility index (Phi) is 4.21. The predicted molar refractivity (Wildman–Crippen MR) is 89.4 cm³/mol. The number of carbonyl (C=O) groups excluding carboxylic acids is 1. The van der Waals surface area contributed by atoms with Crippen molar-refractivity contribution in [3.05, 3.63) is 43.9 Å². The summed E-state index contributed by atoms with van der Waals surface area (Å²) in [5.41, 5.74) is 0.947. The molecule has 3 rings (SSSR count). The lowest BCUT2D eigenvalue weighted by atomic mass is 9.91. The predicted octanol–water partition coefficient (Wildman–Crippen LogP) is 3.85. The summed E-state index contributed by atoms with van der Waals surface area (Å²) < 4.78 is 5.37. The molecule has 1 saturated carbocycles. The summed E-state index contributed by atoms with van der Waals surface area (Å²) in [6.45, 7) is 1.80. The Labute approximate surface area is 144 Å². The van der Waals surface area contributed by atoms with Crippen LogP contribution in [-0.2, 0) is 9.53 Å². The number of benzene rings is 1. The van der Waals surface area contributed by atoms with Gasteiger partial charge in [0.15, 0.2) is 0 Å². The van der Waals surface area contributed by atoms with Gasteiger partial charge in [-0.15, -0.1) is 4.91 Å². The van der Waals surface area contributed by atoms with Crippen LogP contribution in [0.4, 0.5) is 0 Å². The summed E-state index contributed by atoms with van der Waals surface area (Å²) in [6.07, 6.45) is 1.90. The Morgan fingerprint density at radius 3 is 2.70 bits per heavy atom. The molecule has 1 aliphatic carbocycles. The van der Waals surface area contributed by atoms with Gasteiger partial charge in [0.2, 0.25) is 0 Å². The molecule has 1 N–H and O–H groups in total. The van der Waals surface area contributed by atoms with E-state index < -0.39 is 5.54 Å². The minimum atomic E-state index is -0.760. The molecule has 7 heteroatoms. The number of nitroso groups, excluding NO2 is 1. The van der Waals surface area contributed by atoms with E-state index in [-0.39, 0.29) is 23.3 Å². The van der Waals surface area contributed by atoms with Crippen molar-refractivity contribution in [3.63, 3.8) is 0 Å². The molecule has 23 heavy (non-hydrogen) atoms. The zero-order chi connectivity index (χ0) is 16.8. The number of methoxy groups -OCH3 is 1. The number of halogens is 2. The van der Waals surface area contributed by atoms with Gasteiger partial charge < -0.3 is 10.1 Å². The van der Waals surface area contributed by atoms with Gasteiger partial charge in [0.05, 0.1) is 22.2 Å². The van der Waals surface area contributed by atoms with Crippen molar-refractivity contribution in [1.82, 2.24) is 5.32 Å². The number of aryl methyl sites for hydroxylation is 1. The molecule has 122 valence electrons. The third-order valence-corrected chi connectivity index (χ3v) is 5.18. The van der Waals surface area contributed by atoms with Crippen molar-refractivity contribution >= 4 is 34.7 Å². The van der Waals surface area contributed by atoms with Crippen molar-refractivity contribution < 1.29 is 9.53 Å². The number of carbonyl (C=O) groups is 1. The molecule has 2 unspecified atom stereocenters. The lowest BCUT2D eigenvalue weighted by Crippen LogP contribution is -2.42. The first-order valence-corrected chi connectivity index (χ1v) is 8.07. The van der Waals surface area contributed by atoms with Crippen LogP contribution in [0.25, 0.3) is 5.57 Å². The Hall–Kier alpha value is -1.43. The lowest BCUT2D eigenvalue weighted by Gasteiger charge is -2.23. The summed E-state index contributed by atoms with van der Waals surface area (Å²) in [5.74, 6) is -0.330. The Bertz CT molecular complexity index is 709. The van der Waals surface area contributed by atoms with Crippen molar-refractivity contribution in [2.75, 3.05) is 7.11 Å². The average molecular weight is 355 g/mol. The minimum absolute atomic E-state index is 0.00631. The first-order chi connectivity index (χ1) is 10.9. The van der Waals surface area contributed by atoms with E-state index in [0.29, 0.717) is 28.5 Å². The van der Waals surface area contributed by atoms with Crippen LogP contribution in [-0.4, -0.2) is 24.7 Å². The molecule has 0 bridgehead atoms. The maximum absolute atomic E-state index is 12.6. The summed E-state index contributed by atoms with van der Waals surface area (Å²) in [5, 5.41) is 6.95. The van der Waals surface area contributed by atoms with E-state index in [2.05, 4.69) is 10.5 Å². The number of rotatable bonds is 3. The van der Waals surface area contributed by atoms with Gasteiger partial charge in [-0.25, -0.2) is 0 Å². The summed E-state index contributed by atoms with van der Waals surface area (Å²) in [7, 11) is 1.62. The maximum Gasteiger partial charge on any atom is 0.254 e. The van der Waals surface area contributed by atoms with Gasteiger partial charge in [0, 0.05) is 24.1 Å². The van der Waals surface area contributed by atoms with Gasteiger partial charge in [-0.3, -0.25) is 4.79 Å². The summed E-state index contributed by atoms with van der Waals surface area (Å²) in [4.78, 5) is 24.2. The van der Waals surface area contributed by atoms with Crippen molar-refractivity contribution in [2.24, 2.45) is 5.18 Å². The molecule has 1 amide bonds. The minimum Gasteiger partial charge on any atom is -0.381 e. The van der Waals surface area contributed by atoms with Crippen LogP contribution in [0.5, 0.6) is 0 Å². The molecule has 1 spiro atoms. The summed E-state index contributed by atoms with van der Waals surface area (Å²) >= 11 is 12.3. The topological polar surface area (TPSA) is 67.8 Å².